The number of para-hydroxylation sites is 1. The lowest BCUT2D eigenvalue weighted by Crippen LogP contribution is -2.51. The van der Waals surface area contributed by atoms with Crippen LogP contribution in [0.15, 0.2) is 24.3 Å². The lowest BCUT2D eigenvalue weighted by atomic mass is 9.98. The molecule has 0 fully saturated rings. The van der Waals surface area contributed by atoms with Crippen molar-refractivity contribution in [1.82, 2.24) is 5.32 Å². The summed E-state index contributed by atoms with van der Waals surface area (Å²) < 4.78 is 5.29. The van der Waals surface area contributed by atoms with E-state index in [4.69, 9.17) is 9.84 Å². The van der Waals surface area contributed by atoms with Crippen LogP contribution in [0.1, 0.15) is 24.2 Å². The molecule has 1 rings (SSSR count). The van der Waals surface area contributed by atoms with Crippen molar-refractivity contribution in [2.75, 3.05) is 6.61 Å². The van der Waals surface area contributed by atoms with Crippen molar-refractivity contribution in [3.63, 3.8) is 0 Å². The number of aliphatic hydroxyl groups excluding tert-OH is 1. The van der Waals surface area contributed by atoms with Gasteiger partial charge in [-0.25, -0.2) is 4.79 Å². The van der Waals surface area contributed by atoms with Gasteiger partial charge in [0.15, 0.2) is 11.9 Å². The highest BCUT2D eigenvalue weighted by atomic mass is 16.5. The molecule has 1 amide bonds. The predicted octanol–water partition coefficient (Wildman–Crippen LogP) is 0.218. The van der Waals surface area contributed by atoms with E-state index in [1.54, 1.807) is 25.1 Å². The number of Topliss-reactive ketones (excluding diaryl/α,β-unsaturated/α-hetero) is 1. The molecule has 0 aliphatic carbocycles. The van der Waals surface area contributed by atoms with E-state index in [0.29, 0.717) is 6.61 Å². The third-order valence-electron chi connectivity index (χ3n) is 2.66. The number of benzene rings is 1. The number of nitrogens with one attached hydrogen (secondary N) is 1. The van der Waals surface area contributed by atoms with Crippen LogP contribution in [0.4, 0.5) is 0 Å². The number of hydrogen-bond donors (Lipinski definition) is 3. The Morgan fingerprint density at radius 3 is 2.43 bits per heavy atom. The number of aliphatic hydroxyl groups is 1. The number of carbonyl (C=O) groups excluding carboxylic acids is 2. The van der Waals surface area contributed by atoms with Gasteiger partial charge in [0.05, 0.1) is 12.2 Å². The Bertz CT molecular complexity index is 542. The molecule has 0 bridgehead atoms. The van der Waals surface area contributed by atoms with E-state index in [1.807, 2.05) is 0 Å². The number of amides is 1. The molecule has 2 unspecified atom stereocenters. The van der Waals surface area contributed by atoms with Gasteiger partial charge in [0.2, 0.25) is 5.91 Å². The third kappa shape index (κ3) is 4.28. The smallest absolute Gasteiger partial charge is 0.335 e. The molecule has 0 spiro atoms. The SMILES string of the molecule is CCOc1ccccc1C(=O)C(NC(C)=O)C(O)C(=O)O. The van der Waals surface area contributed by atoms with Crippen LogP contribution in [0.3, 0.4) is 0 Å². The van der Waals surface area contributed by atoms with Gasteiger partial charge in [-0.05, 0) is 19.1 Å². The molecule has 7 heteroatoms. The molecule has 0 saturated heterocycles. The summed E-state index contributed by atoms with van der Waals surface area (Å²) in [7, 11) is 0. The van der Waals surface area contributed by atoms with Gasteiger partial charge < -0.3 is 20.3 Å². The Morgan fingerprint density at radius 2 is 1.90 bits per heavy atom. The van der Waals surface area contributed by atoms with E-state index in [2.05, 4.69) is 5.32 Å². The number of ether oxygens (including phenoxy) is 1. The summed E-state index contributed by atoms with van der Waals surface area (Å²) in [6.45, 7) is 3.18. The lowest BCUT2D eigenvalue weighted by Gasteiger charge is -2.20. The van der Waals surface area contributed by atoms with Gasteiger partial charge in [-0.2, -0.15) is 0 Å². The van der Waals surface area contributed by atoms with Crippen LogP contribution < -0.4 is 10.1 Å². The minimum Gasteiger partial charge on any atom is -0.493 e. The summed E-state index contributed by atoms with van der Waals surface area (Å²) in [5.74, 6) is -2.69. The molecule has 114 valence electrons. The first-order valence-corrected chi connectivity index (χ1v) is 6.32. The maximum absolute atomic E-state index is 12.4. The second-order valence-electron chi connectivity index (χ2n) is 4.25. The number of carboxylic acids is 1. The molecular weight excluding hydrogens is 278 g/mol. The average Bonchev–Trinajstić information content (AvgIpc) is 2.44. The van der Waals surface area contributed by atoms with Crippen molar-refractivity contribution < 1.29 is 29.3 Å². The van der Waals surface area contributed by atoms with Crippen molar-refractivity contribution in [2.24, 2.45) is 0 Å². The van der Waals surface area contributed by atoms with Gasteiger partial charge in [-0.1, -0.05) is 12.1 Å². The molecule has 1 aromatic carbocycles. The minimum absolute atomic E-state index is 0.0957. The molecule has 7 nitrogen and oxygen atoms in total. The molecule has 0 aromatic heterocycles. The highest BCUT2D eigenvalue weighted by Gasteiger charge is 2.34. The van der Waals surface area contributed by atoms with Crippen molar-refractivity contribution in [3.05, 3.63) is 29.8 Å². The summed E-state index contributed by atoms with van der Waals surface area (Å²) in [6.07, 6.45) is -2.05. The van der Waals surface area contributed by atoms with Gasteiger partial charge in [-0.15, -0.1) is 0 Å². The van der Waals surface area contributed by atoms with Gasteiger partial charge in [0.25, 0.3) is 0 Å². The molecule has 2 atom stereocenters. The Balaban J connectivity index is 3.16. The van der Waals surface area contributed by atoms with E-state index in [1.165, 1.54) is 6.07 Å². The Hall–Kier alpha value is -2.41. The molecule has 0 saturated carbocycles. The van der Waals surface area contributed by atoms with Crippen LogP contribution in [0.25, 0.3) is 0 Å². The number of ketones is 1. The molecule has 0 heterocycles. The lowest BCUT2D eigenvalue weighted by molar-refractivity contribution is -0.147. The monoisotopic (exact) mass is 295 g/mol. The number of rotatable bonds is 7. The summed E-state index contributed by atoms with van der Waals surface area (Å²) in [4.78, 5) is 34.4. The van der Waals surface area contributed by atoms with Gasteiger partial charge >= 0.3 is 5.97 Å². The molecule has 1 aromatic rings. The highest BCUT2D eigenvalue weighted by Crippen LogP contribution is 2.20. The van der Waals surface area contributed by atoms with Crippen molar-refractivity contribution >= 4 is 17.7 Å². The predicted molar refractivity (Wildman–Crippen MR) is 73.2 cm³/mol. The highest BCUT2D eigenvalue weighted by molar-refractivity contribution is 6.06. The Kier molecular flexibility index (Phi) is 5.86. The molecule has 0 aliphatic heterocycles. The fraction of sp³-hybridized carbons (Fsp3) is 0.357. The zero-order chi connectivity index (χ0) is 16.0. The molecule has 3 N–H and O–H groups in total. The molecular formula is C14H17NO6. The van der Waals surface area contributed by atoms with Crippen LogP contribution >= 0.6 is 0 Å². The summed E-state index contributed by atoms with van der Waals surface area (Å²) >= 11 is 0. The first-order valence-electron chi connectivity index (χ1n) is 6.32. The maximum atomic E-state index is 12.4. The zero-order valence-electron chi connectivity index (χ0n) is 11.7. The van der Waals surface area contributed by atoms with Crippen LogP contribution in [-0.4, -0.2) is 46.6 Å². The van der Waals surface area contributed by atoms with E-state index in [9.17, 15) is 19.5 Å². The standard InChI is InChI=1S/C14H17NO6/c1-3-21-10-7-5-4-6-9(10)12(17)11(15-8(2)16)13(18)14(19)20/h4-7,11,13,18H,3H2,1-2H3,(H,15,16)(H,19,20). The van der Waals surface area contributed by atoms with E-state index in [0.717, 1.165) is 6.92 Å². The van der Waals surface area contributed by atoms with Crippen LogP contribution in [-0.2, 0) is 9.59 Å². The normalized spacial score (nSPS) is 13.1. The zero-order valence-corrected chi connectivity index (χ0v) is 11.7. The summed E-state index contributed by atoms with van der Waals surface area (Å²) in [6, 6.07) is 4.64. The largest absolute Gasteiger partial charge is 0.493 e. The second-order valence-corrected chi connectivity index (χ2v) is 4.25. The number of aliphatic carboxylic acids is 1. The molecule has 21 heavy (non-hydrogen) atoms. The van der Waals surface area contributed by atoms with Gasteiger partial charge in [0, 0.05) is 6.92 Å². The second kappa shape index (κ2) is 7.39. The van der Waals surface area contributed by atoms with Crippen LogP contribution in [0.2, 0.25) is 0 Å². The van der Waals surface area contributed by atoms with Gasteiger partial charge in [-0.3, -0.25) is 9.59 Å². The molecule has 0 aliphatic rings. The summed E-state index contributed by atoms with van der Waals surface area (Å²) in [5.41, 5.74) is 0.0957. The first-order chi connectivity index (χ1) is 9.88. The summed E-state index contributed by atoms with van der Waals surface area (Å²) in [5, 5.41) is 20.6. The van der Waals surface area contributed by atoms with E-state index >= 15 is 0 Å². The fourth-order valence-electron chi connectivity index (χ4n) is 1.77. The number of hydrogen-bond acceptors (Lipinski definition) is 5. The topological polar surface area (TPSA) is 113 Å². The third-order valence-corrected chi connectivity index (χ3v) is 2.66. The van der Waals surface area contributed by atoms with E-state index in [-0.39, 0.29) is 11.3 Å². The van der Waals surface area contributed by atoms with E-state index < -0.39 is 29.8 Å². The maximum Gasteiger partial charge on any atom is 0.335 e. The van der Waals surface area contributed by atoms with Crippen molar-refractivity contribution in [1.29, 1.82) is 0 Å². The first kappa shape index (κ1) is 16.6. The fourth-order valence-corrected chi connectivity index (χ4v) is 1.77. The Labute approximate surface area is 121 Å². The minimum atomic E-state index is -2.05. The van der Waals surface area contributed by atoms with Crippen molar-refractivity contribution in [3.8, 4) is 5.75 Å². The van der Waals surface area contributed by atoms with Gasteiger partial charge in [0.1, 0.15) is 11.8 Å². The van der Waals surface area contributed by atoms with Crippen LogP contribution in [0, 0.1) is 0 Å². The van der Waals surface area contributed by atoms with Crippen molar-refractivity contribution in [2.45, 2.75) is 26.0 Å². The number of carbonyl (C=O) groups is 3. The quantitative estimate of drug-likeness (QED) is 0.620. The Morgan fingerprint density at radius 1 is 1.29 bits per heavy atom. The number of carboxylic acid groups (broad SMARTS) is 1. The average molecular weight is 295 g/mol. The molecule has 0 radical (unpaired) electrons. The van der Waals surface area contributed by atoms with Crippen LogP contribution in [0.5, 0.6) is 5.75 Å².